The quantitative estimate of drug-likeness (QED) is 0.732. The minimum absolute atomic E-state index is 0. The van der Waals surface area contributed by atoms with Crippen molar-refractivity contribution in [1.29, 1.82) is 0 Å². The molecule has 2 fully saturated rings. The van der Waals surface area contributed by atoms with E-state index >= 15 is 0 Å². The van der Waals surface area contributed by atoms with Crippen LogP contribution < -0.4 is 10.6 Å². The van der Waals surface area contributed by atoms with Gasteiger partial charge in [0.05, 0.1) is 0 Å². The van der Waals surface area contributed by atoms with Crippen LogP contribution in [0.1, 0.15) is 39.0 Å². The summed E-state index contributed by atoms with van der Waals surface area (Å²) in [6, 6.07) is 1.84. The number of hydrogen-bond donors (Lipinski definition) is 2. The average Bonchev–Trinajstić information content (AvgIpc) is 3.05. The normalized spacial score (nSPS) is 26.4. The van der Waals surface area contributed by atoms with E-state index < -0.39 is 0 Å². The van der Waals surface area contributed by atoms with Gasteiger partial charge < -0.3 is 10.6 Å². The topological polar surface area (TPSA) is 44.4 Å². The van der Waals surface area contributed by atoms with Crippen molar-refractivity contribution in [2.24, 2.45) is 0 Å². The Morgan fingerprint density at radius 1 is 1.32 bits per heavy atom. The molecule has 2 N–H and O–H groups in total. The van der Waals surface area contributed by atoms with Crippen LogP contribution in [0, 0.1) is 0 Å². The monoisotopic (exact) mass is 311 g/mol. The lowest BCUT2D eigenvalue weighted by Gasteiger charge is -2.19. The fraction of sp³-hybridized carbons (Fsp3) is 0.923. The number of nitrogens with zero attached hydrogens (tertiary/aromatic N) is 1. The van der Waals surface area contributed by atoms with Gasteiger partial charge in [0.1, 0.15) is 0 Å². The van der Waals surface area contributed by atoms with Gasteiger partial charge in [-0.2, -0.15) is 0 Å². The van der Waals surface area contributed by atoms with Gasteiger partial charge in [0, 0.05) is 31.1 Å². The molecule has 0 aromatic rings. The van der Waals surface area contributed by atoms with Crippen LogP contribution in [0.4, 0.5) is 0 Å². The Kier molecular flexibility index (Phi) is 8.99. The predicted octanol–water partition coefficient (Wildman–Crippen LogP) is 1.57. The Morgan fingerprint density at radius 2 is 2.00 bits per heavy atom. The Balaban J connectivity index is 0.00000162. The van der Waals surface area contributed by atoms with Crippen molar-refractivity contribution in [3.8, 4) is 0 Å². The average molecular weight is 312 g/mol. The second kappa shape index (κ2) is 9.01. The minimum Gasteiger partial charge on any atom is -0.352 e. The van der Waals surface area contributed by atoms with Gasteiger partial charge in [-0.3, -0.25) is 9.69 Å². The zero-order valence-corrected chi connectivity index (χ0v) is 13.5. The van der Waals surface area contributed by atoms with Crippen LogP contribution in [0.15, 0.2) is 0 Å². The predicted molar refractivity (Wildman–Crippen MR) is 83.4 cm³/mol. The molecule has 2 unspecified atom stereocenters. The lowest BCUT2D eigenvalue weighted by molar-refractivity contribution is -0.121. The van der Waals surface area contributed by atoms with Gasteiger partial charge in [-0.15, -0.1) is 24.8 Å². The third-order valence-corrected chi connectivity index (χ3v) is 3.83. The second-order valence-corrected chi connectivity index (χ2v) is 5.48. The van der Waals surface area contributed by atoms with Gasteiger partial charge in [-0.25, -0.2) is 0 Å². The van der Waals surface area contributed by atoms with Crippen LogP contribution in [0.3, 0.4) is 0 Å². The van der Waals surface area contributed by atoms with Crippen LogP contribution in [0.25, 0.3) is 0 Å². The number of hydrogen-bond acceptors (Lipinski definition) is 3. The summed E-state index contributed by atoms with van der Waals surface area (Å²) in [5.74, 6) is 0.218. The van der Waals surface area contributed by atoms with Gasteiger partial charge in [0.2, 0.25) is 5.91 Å². The fourth-order valence-corrected chi connectivity index (χ4v) is 2.80. The second-order valence-electron chi connectivity index (χ2n) is 5.48. The summed E-state index contributed by atoms with van der Waals surface area (Å²) in [5, 5.41) is 6.24. The molecule has 4 nitrogen and oxygen atoms in total. The molecule has 6 heteroatoms. The zero-order chi connectivity index (χ0) is 12.3. The van der Waals surface area contributed by atoms with Gasteiger partial charge >= 0.3 is 0 Å². The van der Waals surface area contributed by atoms with Crippen LogP contribution in [-0.4, -0.2) is 49.1 Å². The van der Waals surface area contributed by atoms with E-state index in [1.807, 2.05) is 7.05 Å². The molecule has 1 aliphatic carbocycles. The highest BCUT2D eigenvalue weighted by Crippen LogP contribution is 2.33. The molecule has 0 aromatic heterocycles. The van der Waals surface area contributed by atoms with Crippen molar-refractivity contribution in [1.82, 2.24) is 15.5 Å². The van der Waals surface area contributed by atoms with E-state index in [9.17, 15) is 4.79 Å². The summed E-state index contributed by atoms with van der Waals surface area (Å²) < 4.78 is 0. The maximum atomic E-state index is 11.7. The van der Waals surface area contributed by atoms with Gasteiger partial charge in [0.25, 0.3) is 0 Å². The Bertz CT molecular complexity index is 275. The molecule has 0 radical (unpaired) electrons. The summed E-state index contributed by atoms with van der Waals surface area (Å²) in [5.41, 5.74) is 0. The molecule has 0 aromatic carbocycles. The van der Waals surface area contributed by atoms with E-state index in [0.717, 1.165) is 32.0 Å². The molecular formula is C13H27Cl2N3O. The molecule has 1 aliphatic heterocycles. The fourth-order valence-electron chi connectivity index (χ4n) is 2.80. The molecule has 1 saturated heterocycles. The Hall–Kier alpha value is -0.0300. The van der Waals surface area contributed by atoms with Crippen molar-refractivity contribution >= 4 is 30.7 Å². The van der Waals surface area contributed by atoms with E-state index in [1.165, 1.54) is 12.8 Å². The SMILES string of the molecule is CNCCCC(=O)NC1CC(C)N(C2CC2)C1.Cl.Cl. The first-order chi connectivity index (χ1) is 8.20. The Labute approximate surface area is 128 Å². The maximum absolute atomic E-state index is 11.7. The number of carbonyl (C=O) groups excluding carboxylic acids is 1. The Morgan fingerprint density at radius 3 is 2.58 bits per heavy atom. The largest absolute Gasteiger partial charge is 0.352 e. The standard InChI is InChI=1S/C13H25N3O.2ClH/c1-10-8-11(9-16(10)12-5-6-12)15-13(17)4-3-7-14-2;;/h10-12,14H,3-9H2,1-2H3,(H,15,17);2*1H. The molecule has 19 heavy (non-hydrogen) atoms. The molecule has 0 bridgehead atoms. The van der Waals surface area contributed by atoms with Gasteiger partial charge in [-0.1, -0.05) is 0 Å². The number of carbonyl (C=O) groups is 1. The number of rotatable bonds is 6. The molecule has 2 atom stereocenters. The van der Waals surface area contributed by atoms with Crippen molar-refractivity contribution in [3.63, 3.8) is 0 Å². The zero-order valence-electron chi connectivity index (χ0n) is 11.9. The molecule has 114 valence electrons. The molecule has 1 saturated carbocycles. The third kappa shape index (κ3) is 5.86. The summed E-state index contributed by atoms with van der Waals surface area (Å²) in [6.07, 6.45) is 5.40. The molecule has 1 amide bonds. The minimum atomic E-state index is 0. The van der Waals surface area contributed by atoms with Gasteiger partial charge in [-0.05, 0) is 46.2 Å². The van der Waals surface area contributed by atoms with Crippen LogP contribution in [-0.2, 0) is 4.79 Å². The molecule has 2 rings (SSSR count). The van der Waals surface area contributed by atoms with Crippen LogP contribution in [0.5, 0.6) is 0 Å². The molecule has 0 spiro atoms. The summed E-state index contributed by atoms with van der Waals surface area (Å²) in [4.78, 5) is 14.3. The van der Waals surface area contributed by atoms with E-state index in [0.29, 0.717) is 18.5 Å². The van der Waals surface area contributed by atoms with Crippen molar-refractivity contribution in [3.05, 3.63) is 0 Å². The maximum Gasteiger partial charge on any atom is 0.220 e. The highest BCUT2D eigenvalue weighted by molar-refractivity contribution is 5.85. The number of amides is 1. The first-order valence-corrected chi connectivity index (χ1v) is 6.90. The first-order valence-electron chi connectivity index (χ1n) is 6.90. The lowest BCUT2D eigenvalue weighted by atomic mass is 10.2. The smallest absolute Gasteiger partial charge is 0.220 e. The summed E-state index contributed by atoms with van der Waals surface area (Å²) >= 11 is 0. The number of likely N-dealkylation sites (tertiary alicyclic amines) is 1. The van der Waals surface area contributed by atoms with Crippen LogP contribution in [0.2, 0.25) is 0 Å². The molecule has 2 aliphatic rings. The van der Waals surface area contributed by atoms with Crippen LogP contribution >= 0.6 is 24.8 Å². The van der Waals surface area contributed by atoms with E-state index in [-0.39, 0.29) is 30.7 Å². The molecular weight excluding hydrogens is 285 g/mol. The highest BCUT2D eigenvalue weighted by Gasteiger charge is 2.38. The van der Waals surface area contributed by atoms with Crippen molar-refractivity contribution in [2.45, 2.75) is 57.2 Å². The number of halogens is 2. The highest BCUT2D eigenvalue weighted by atomic mass is 35.5. The summed E-state index contributed by atoms with van der Waals surface area (Å²) in [6.45, 7) is 4.26. The van der Waals surface area contributed by atoms with E-state index in [1.54, 1.807) is 0 Å². The third-order valence-electron chi connectivity index (χ3n) is 3.83. The van der Waals surface area contributed by atoms with E-state index in [4.69, 9.17) is 0 Å². The van der Waals surface area contributed by atoms with E-state index in [2.05, 4.69) is 22.5 Å². The van der Waals surface area contributed by atoms with Crippen molar-refractivity contribution < 1.29 is 4.79 Å². The van der Waals surface area contributed by atoms with Gasteiger partial charge in [0.15, 0.2) is 0 Å². The van der Waals surface area contributed by atoms with Crippen molar-refractivity contribution in [2.75, 3.05) is 20.1 Å². The molecule has 1 heterocycles. The number of nitrogens with one attached hydrogen (secondary N) is 2. The lowest BCUT2D eigenvalue weighted by Crippen LogP contribution is -2.37. The summed E-state index contributed by atoms with van der Waals surface area (Å²) in [7, 11) is 1.92. The first kappa shape index (κ1) is 19.0.